The van der Waals surface area contributed by atoms with E-state index >= 15 is 0 Å². The summed E-state index contributed by atoms with van der Waals surface area (Å²) in [4.78, 5) is 22.8. The summed E-state index contributed by atoms with van der Waals surface area (Å²) < 4.78 is 20.7. The molecule has 0 radical (unpaired) electrons. The van der Waals surface area contributed by atoms with Gasteiger partial charge in [0.05, 0.1) is 14.2 Å². The summed E-state index contributed by atoms with van der Waals surface area (Å²) in [6.45, 7) is 3.00. The van der Waals surface area contributed by atoms with Crippen LogP contribution in [0.25, 0.3) is 11.0 Å². The molecule has 0 saturated carbocycles. The molecule has 0 aliphatic rings. The van der Waals surface area contributed by atoms with Crippen LogP contribution in [0.15, 0.2) is 27.4 Å². The molecular weight excluding hydrogens is 276 g/mol. The van der Waals surface area contributed by atoms with Crippen LogP contribution in [0.3, 0.4) is 0 Å². The standard InChI is InChI=1S/C15H16O6/c1-8(20-9(2)16)10-6-15(17)21-12-7-14(19-4)13(18-3)5-11(10)12/h5-8H,1-4H3. The van der Waals surface area contributed by atoms with Crippen molar-refractivity contribution in [3.63, 3.8) is 0 Å². The Labute approximate surface area is 121 Å². The van der Waals surface area contributed by atoms with Gasteiger partial charge in [-0.3, -0.25) is 4.79 Å². The van der Waals surface area contributed by atoms with Crippen molar-refractivity contribution < 1.29 is 23.4 Å². The molecule has 2 aromatic rings. The third-order valence-electron chi connectivity index (χ3n) is 3.06. The molecule has 1 aromatic carbocycles. The molecule has 6 heteroatoms. The second-order valence-electron chi connectivity index (χ2n) is 4.48. The third-order valence-corrected chi connectivity index (χ3v) is 3.06. The van der Waals surface area contributed by atoms with E-state index in [9.17, 15) is 9.59 Å². The highest BCUT2D eigenvalue weighted by atomic mass is 16.5. The highest BCUT2D eigenvalue weighted by molar-refractivity contribution is 5.84. The Kier molecular flexibility index (Phi) is 4.16. The summed E-state index contributed by atoms with van der Waals surface area (Å²) in [7, 11) is 3.01. The van der Waals surface area contributed by atoms with Gasteiger partial charge in [0.2, 0.25) is 0 Å². The van der Waals surface area contributed by atoms with Gasteiger partial charge in [0.1, 0.15) is 11.7 Å². The Balaban J connectivity index is 2.69. The molecule has 0 bridgehead atoms. The number of benzene rings is 1. The molecule has 0 fully saturated rings. The van der Waals surface area contributed by atoms with Crippen LogP contribution in [-0.2, 0) is 9.53 Å². The van der Waals surface area contributed by atoms with Crippen molar-refractivity contribution in [1.29, 1.82) is 0 Å². The minimum Gasteiger partial charge on any atom is -0.493 e. The molecule has 112 valence electrons. The zero-order valence-electron chi connectivity index (χ0n) is 12.3. The number of hydrogen-bond acceptors (Lipinski definition) is 6. The third kappa shape index (κ3) is 2.99. The number of ether oxygens (including phenoxy) is 3. The topological polar surface area (TPSA) is 75.0 Å². The SMILES string of the molecule is COc1cc2oc(=O)cc(C(C)OC(C)=O)c2cc1OC. The van der Waals surface area contributed by atoms with Crippen LogP contribution < -0.4 is 15.1 Å². The van der Waals surface area contributed by atoms with Crippen LogP contribution >= 0.6 is 0 Å². The number of methoxy groups -OCH3 is 2. The molecule has 21 heavy (non-hydrogen) atoms. The summed E-state index contributed by atoms with van der Waals surface area (Å²) in [5, 5.41) is 0.626. The largest absolute Gasteiger partial charge is 0.493 e. The summed E-state index contributed by atoms with van der Waals surface area (Å²) in [5.41, 5.74) is 0.371. The molecule has 0 N–H and O–H groups in total. The number of hydrogen-bond donors (Lipinski definition) is 0. The van der Waals surface area contributed by atoms with Gasteiger partial charge in [-0.05, 0) is 13.0 Å². The highest BCUT2D eigenvalue weighted by Crippen LogP contribution is 2.35. The van der Waals surface area contributed by atoms with E-state index in [4.69, 9.17) is 18.6 Å². The Hall–Kier alpha value is -2.50. The maximum Gasteiger partial charge on any atom is 0.336 e. The van der Waals surface area contributed by atoms with Gasteiger partial charge < -0.3 is 18.6 Å². The molecule has 2 rings (SSSR count). The van der Waals surface area contributed by atoms with E-state index in [1.54, 1.807) is 19.1 Å². The smallest absolute Gasteiger partial charge is 0.336 e. The Morgan fingerprint density at radius 3 is 2.33 bits per heavy atom. The molecule has 6 nitrogen and oxygen atoms in total. The second kappa shape index (κ2) is 5.87. The van der Waals surface area contributed by atoms with E-state index in [1.807, 2.05) is 0 Å². The predicted octanol–water partition coefficient (Wildman–Crippen LogP) is 2.43. The average molecular weight is 292 g/mol. The first kappa shape index (κ1) is 14.9. The second-order valence-corrected chi connectivity index (χ2v) is 4.48. The zero-order chi connectivity index (χ0) is 15.6. The van der Waals surface area contributed by atoms with E-state index in [-0.39, 0.29) is 0 Å². The lowest BCUT2D eigenvalue weighted by Gasteiger charge is -2.15. The van der Waals surface area contributed by atoms with Gasteiger partial charge >= 0.3 is 11.6 Å². The fourth-order valence-electron chi connectivity index (χ4n) is 2.16. The monoisotopic (exact) mass is 292 g/mol. The molecule has 1 aromatic heterocycles. The number of carbonyl (C=O) groups excluding carboxylic acids is 1. The van der Waals surface area contributed by atoms with E-state index in [1.165, 1.54) is 27.2 Å². The lowest BCUT2D eigenvalue weighted by Crippen LogP contribution is -2.09. The zero-order valence-corrected chi connectivity index (χ0v) is 12.3. The molecular formula is C15H16O6. The van der Waals surface area contributed by atoms with Crippen molar-refractivity contribution in [1.82, 2.24) is 0 Å². The summed E-state index contributed by atoms with van der Waals surface area (Å²) in [6, 6.07) is 4.56. The first-order valence-electron chi connectivity index (χ1n) is 6.33. The maximum absolute atomic E-state index is 11.7. The predicted molar refractivity (Wildman–Crippen MR) is 75.8 cm³/mol. The molecule has 0 saturated heterocycles. The van der Waals surface area contributed by atoms with Gasteiger partial charge in [-0.2, -0.15) is 0 Å². The number of fused-ring (bicyclic) bond motifs is 1. The first-order valence-corrected chi connectivity index (χ1v) is 6.33. The molecule has 1 unspecified atom stereocenters. The van der Waals surface area contributed by atoms with Gasteiger partial charge in [0.25, 0.3) is 0 Å². The molecule has 0 amide bonds. The van der Waals surface area contributed by atoms with Crippen molar-refractivity contribution in [2.45, 2.75) is 20.0 Å². The first-order chi connectivity index (χ1) is 9.96. The molecule has 1 heterocycles. The Bertz CT molecular complexity index is 731. The summed E-state index contributed by atoms with van der Waals surface area (Å²) in [6.07, 6.45) is -0.577. The van der Waals surface area contributed by atoms with Crippen LogP contribution in [0.5, 0.6) is 11.5 Å². The summed E-state index contributed by atoms with van der Waals surface area (Å²) >= 11 is 0. The quantitative estimate of drug-likeness (QED) is 0.636. The van der Waals surface area contributed by atoms with E-state index in [2.05, 4.69) is 0 Å². The van der Waals surface area contributed by atoms with Crippen LogP contribution in [-0.4, -0.2) is 20.2 Å². The van der Waals surface area contributed by atoms with Crippen molar-refractivity contribution in [2.75, 3.05) is 14.2 Å². The van der Waals surface area contributed by atoms with Crippen molar-refractivity contribution in [3.05, 3.63) is 34.2 Å². The van der Waals surface area contributed by atoms with Gasteiger partial charge in [0, 0.05) is 30.0 Å². The minimum absolute atomic E-state index is 0.342. The van der Waals surface area contributed by atoms with E-state index < -0.39 is 17.7 Å². The minimum atomic E-state index is -0.577. The van der Waals surface area contributed by atoms with E-state index in [0.717, 1.165) is 0 Å². The number of esters is 1. The Morgan fingerprint density at radius 2 is 1.76 bits per heavy atom. The van der Waals surface area contributed by atoms with E-state index in [0.29, 0.717) is 28.0 Å². The van der Waals surface area contributed by atoms with Crippen molar-refractivity contribution >= 4 is 16.9 Å². The van der Waals surface area contributed by atoms with Crippen LogP contribution in [0, 0.1) is 0 Å². The lowest BCUT2D eigenvalue weighted by atomic mass is 10.1. The van der Waals surface area contributed by atoms with Crippen molar-refractivity contribution in [2.24, 2.45) is 0 Å². The van der Waals surface area contributed by atoms with Gasteiger partial charge in [-0.1, -0.05) is 0 Å². The molecule has 0 spiro atoms. The maximum atomic E-state index is 11.7. The molecule has 1 atom stereocenters. The number of rotatable bonds is 4. The van der Waals surface area contributed by atoms with Gasteiger partial charge in [0.15, 0.2) is 11.5 Å². The normalized spacial score (nSPS) is 12.0. The van der Waals surface area contributed by atoms with Crippen molar-refractivity contribution in [3.8, 4) is 11.5 Å². The lowest BCUT2D eigenvalue weighted by molar-refractivity contribution is -0.145. The van der Waals surface area contributed by atoms with Crippen LogP contribution in [0.4, 0.5) is 0 Å². The van der Waals surface area contributed by atoms with Gasteiger partial charge in [-0.25, -0.2) is 4.79 Å². The van der Waals surface area contributed by atoms with Gasteiger partial charge in [-0.15, -0.1) is 0 Å². The average Bonchev–Trinajstić information content (AvgIpc) is 2.44. The Morgan fingerprint density at radius 1 is 1.14 bits per heavy atom. The fraction of sp³-hybridized carbons (Fsp3) is 0.333. The van der Waals surface area contributed by atoms with Crippen LogP contribution in [0.2, 0.25) is 0 Å². The highest BCUT2D eigenvalue weighted by Gasteiger charge is 2.17. The molecule has 0 aliphatic carbocycles. The molecule has 0 aliphatic heterocycles. The fourth-order valence-corrected chi connectivity index (χ4v) is 2.16. The summed E-state index contributed by atoms with van der Waals surface area (Å²) in [5.74, 6) is 0.518. The van der Waals surface area contributed by atoms with Crippen LogP contribution in [0.1, 0.15) is 25.5 Å². The number of carbonyl (C=O) groups is 1.